The van der Waals surface area contributed by atoms with Crippen LogP contribution in [0.1, 0.15) is 25.5 Å². The van der Waals surface area contributed by atoms with Crippen molar-refractivity contribution in [3.05, 3.63) is 72.7 Å². The highest BCUT2D eigenvalue weighted by Gasteiger charge is 2.19. The molecule has 2 aromatic carbocycles. The zero-order valence-electron chi connectivity index (χ0n) is 19.5. The number of rotatable bonds is 8. The number of pyridine rings is 1. The van der Waals surface area contributed by atoms with Gasteiger partial charge in [-0.05, 0) is 49.4 Å². The van der Waals surface area contributed by atoms with Crippen molar-refractivity contribution in [1.29, 1.82) is 0 Å². The lowest BCUT2D eigenvalue weighted by Gasteiger charge is -2.14. The molecule has 172 valence electrons. The van der Waals surface area contributed by atoms with Gasteiger partial charge in [0.25, 0.3) is 0 Å². The standard InChI is InChI=1S/C26H27N7O/c1-17(2)33-25-22(31-26(33)32-23-21-7-5-4-6-19(21)13-15-27-23)24(29-16-30-25)28-14-12-18-8-10-20(34-3)11-9-18/h4-11,13,15-17H,12,14H2,1-3H3,(H,27,31,32)(H,28,29,30). The second-order valence-corrected chi connectivity index (χ2v) is 8.32. The Hall–Kier alpha value is -4.20. The molecule has 3 aromatic heterocycles. The van der Waals surface area contributed by atoms with Crippen LogP contribution in [0, 0.1) is 0 Å². The van der Waals surface area contributed by atoms with E-state index in [-0.39, 0.29) is 6.04 Å². The number of fused-ring (bicyclic) bond motifs is 2. The zero-order valence-corrected chi connectivity index (χ0v) is 19.5. The van der Waals surface area contributed by atoms with E-state index in [4.69, 9.17) is 9.72 Å². The number of aromatic nitrogens is 5. The smallest absolute Gasteiger partial charge is 0.211 e. The predicted octanol–water partition coefficient (Wildman–Crippen LogP) is 5.36. The highest BCUT2D eigenvalue weighted by molar-refractivity contribution is 5.93. The zero-order chi connectivity index (χ0) is 23.5. The second-order valence-electron chi connectivity index (χ2n) is 8.32. The van der Waals surface area contributed by atoms with Crippen LogP contribution in [0.15, 0.2) is 67.1 Å². The average molecular weight is 454 g/mol. The number of imidazole rings is 1. The van der Waals surface area contributed by atoms with Gasteiger partial charge in [-0.3, -0.25) is 4.57 Å². The molecule has 0 saturated heterocycles. The van der Waals surface area contributed by atoms with Crippen molar-refractivity contribution in [3.8, 4) is 5.75 Å². The third-order valence-corrected chi connectivity index (χ3v) is 5.76. The summed E-state index contributed by atoms with van der Waals surface area (Å²) in [7, 11) is 1.67. The first-order chi connectivity index (χ1) is 16.6. The van der Waals surface area contributed by atoms with E-state index < -0.39 is 0 Å². The van der Waals surface area contributed by atoms with Crippen molar-refractivity contribution in [2.45, 2.75) is 26.3 Å². The van der Waals surface area contributed by atoms with Crippen LogP contribution >= 0.6 is 0 Å². The Balaban J connectivity index is 1.44. The van der Waals surface area contributed by atoms with Gasteiger partial charge in [0, 0.05) is 24.2 Å². The van der Waals surface area contributed by atoms with E-state index in [1.54, 1.807) is 19.6 Å². The first-order valence-corrected chi connectivity index (χ1v) is 11.3. The highest BCUT2D eigenvalue weighted by atomic mass is 16.5. The summed E-state index contributed by atoms with van der Waals surface area (Å²) >= 11 is 0. The summed E-state index contributed by atoms with van der Waals surface area (Å²) < 4.78 is 7.32. The van der Waals surface area contributed by atoms with Crippen LogP contribution in [0.5, 0.6) is 5.75 Å². The van der Waals surface area contributed by atoms with Gasteiger partial charge in [0.05, 0.1) is 7.11 Å². The van der Waals surface area contributed by atoms with Gasteiger partial charge in [0.1, 0.15) is 17.9 Å². The number of nitrogens with zero attached hydrogens (tertiary/aromatic N) is 5. The number of nitrogens with one attached hydrogen (secondary N) is 2. The van der Waals surface area contributed by atoms with E-state index >= 15 is 0 Å². The third-order valence-electron chi connectivity index (χ3n) is 5.76. The lowest BCUT2D eigenvalue weighted by molar-refractivity contribution is 0.414. The van der Waals surface area contributed by atoms with Crippen molar-refractivity contribution in [1.82, 2.24) is 24.5 Å². The fourth-order valence-corrected chi connectivity index (χ4v) is 4.06. The van der Waals surface area contributed by atoms with Gasteiger partial charge >= 0.3 is 0 Å². The monoisotopic (exact) mass is 453 g/mol. The molecule has 0 radical (unpaired) electrons. The normalized spacial score (nSPS) is 11.3. The lowest BCUT2D eigenvalue weighted by atomic mass is 10.1. The van der Waals surface area contributed by atoms with Crippen LogP contribution in [0.4, 0.5) is 17.6 Å². The molecule has 0 aliphatic rings. The summed E-state index contributed by atoms with van der Waals surface area (Å²) in [5.74, 6) is 3.02. The number of benzene rings is 2. The Kier molecular flexibility index (Phi) is 5.95. The van der Waals surface area contributed by atoms with E-state index in [0.717, 1.165) is 46.5 Å². The van der Waals surface area contributed by atoms with E-state index in [1.165, 1.54) is 5.56 Å². The van der Waals surface area contributed by atoms with Crippen LogP contribution < -0.4 is 15.4 Å². The van der Waals surface area contributed by atoms with Crippen LogP contribution in [0.2, 0.25) is 0 Å². The summed E-state index contributed by atoms with van der Waals surface area (Å²) in [5, 5.41) is 9.03. The van der Waals surface area contributed by atoms with Gasteiger partial charge in [0.15, 0.2) is 17.0 Å². The van der Waals surface area contributed by atoms with E-state index in [2.05, 4.69) is 68.3 Å². The van der Waals surface area contributed by atoms with Crippen LogP contribution in [-0.2, 0) is 6.42 Å². The first-order valence-electron chi connectivity index (χ1n) is 11.3. The molecule has 0 amide bonds. The van der Waals surface area contributed by atoms with Crippen molar-refractivity contribution in [3.63, 3.8) is 0 Å². The topological polar surface area (TPSA) is 89.8 Å². The molecular weight excluding hydrogens is 426 g/mol. The molecule has 34 heavy (non-hydrogen) atoms. The maximum absolute atomic E-state index is 5.24. The molecular formula is C26H27N7O. The summed E-state index contributed by atoms with van der Waals surface area (Å²) in [6.07, 6.45) is 4.24. The Labute approximate surface area is 198 Å². The van der Waals surface area contributed by atoms with E-state index in [9.17, 15) is 0 Å². The molecule has 8 nitrogen and oxygen atoms in total. The summed E-state index contributed by atoms with van der Waals surface area (Å²) in [5.41, 5.74) is 2.73. The molecule has 0 atom stereocenters. The van der Waals surface area contributed by atoms with Gasteiger partial charge in [-0.25, -0.2) is 19.9 Å². The van der Waals surface area contributed by atoms with E-state index in [1.807, 2.05) is 30.3 Å². The molecule has 3 heterocycles. The Morgan fingerprint density at radius 1 is 0.941 bits per heavy atom. The number of methoxy groups -OCH3 is 1. The molecule has 0 aliphatic carbocycles. The minimum absolute atomic E-state index is 0.143. The molecule has 0 saturated carbocycles. The minimum atomic E-state index is 0.143. The fraction of sp³-hybridized carbons (Fsp3) is 0.231. The molecule has 0 unspecified atom stereocenters. The van der Waals surface area contributed by atoms with Crippen LogP contribution in [-0.4, -0.2) is 38.2 Å². The summed E-state index contributed by atoms with van der Waals surface area (Å²) in [6, 6.07) is 18.4. The number of anilines is 3. The second kappa shape index (κ2) is 9.35. The molecule has 5 rings (SSSR count). The maximum Gasteiger partial charge on any atom is 0.211 e. The molecule has 2 N–H and O–H groups in total. The van der Waals surface area contributed by atoms with Crippen molar-refractivity contribution < 1.29 is 4.74 Å². The van der Waals surface area contributed by atoms with Gasteiger partial charge in [-0.1, -0.05) is 36.4 Å². The van der Waals surface area contributed by atoms with Gasteiger partial charge in [0.2, 0.25) is 5.95 Å². The molecule has 0 spiro atoms. The summed E-state index contributed by atoms with van der Waals surface area (Å²) in [6.45, 7) is 4.95. The van der Waals surface area contributed by atoms with Crippen molar-refractivity contribution in [2.24, 2.45) is 0 Å². The largest absolute Gasteiger partial charge is 0.497 e. The Morgan fingerprint density at radius 2 is 1.76 bits per heavy atom. The minimum Gasteiger partial charge on any atom is -0.497 e. The lowest BCUT2D eigenvalue weighted by Crippen LogP contribution is -2.08. The van der Waals surface area contributed by atoms with E-state index in [0.29, 0.717) is 11.8 Å². The number of ether oxygens (including phenoxy) is 1. The molecule has 0 bridgehead atoms. The van der Waals surface area contributed by atoms with Crippen LogP contribution in [0.25, 0.3) is 21.9 Å². The van der Waals surface area contributed by atoms with Crippen LogP contribution in [0.3, 0.4) is 0 Å². The highest BCUT2D eigenvalue weighted by Crippen LogP contribution is 2.30. The Morgan fingerprint density at radius 3 is 2.56 bits per heavy atom. The fourth-order valence-electron chi connectivity index (χ4n) is 4.06. The molecule has 0 aliphatic heterocycles. The molecule has 8 heteroatoms. The predicted molar refractivity (Wildman–Crippen MR) is 136 cm³/mol. The van der Waals surface area contributed by atoms with Gasteiger partial charge in [-0.15, -0.1) is 0 Å². The number of hydrogen-bond donors (Lipinski definition) is 2. The van der Waals surface area contributed by atoms with Crippen molar-refractivity contribution >= 4 is 39.5 Å². The van der Waals surface area contributed by atoms with Gasteiger partial charge < -0.3 is 15.4 Å². The Bertz CT molecular complexity index is 1420. The SMILES string of the molecule is COc1ccc(CCNc2ncnc3c2nc(Nc2nccc4ccccc24)n3C(C)C)cc1. The maximum atomic E-state index is 5.24. The average Bonchev–Trinajstić information content (AvgIpc) is 3.24. The number of hydrogen-bond acceptors (Lipinski definition) is 7. The first kappa shape index (κ1) is 21.6. The molecule has 5 aromatic rings. The van der Waals surface area contributed by atoms with Gasteiger partial charge in [-0.2, -0.15) is 0 Å². The quantitative estimate of drug-likeness (QED) is 0.327. The third kappa shape index (κ3) is 4.22. The molecule has 0 fully saturated rings. The van der Waals surface area contributed by atoms with Crippen molar-refractivity contribution in [2.75, 3.05) is 24.3 Å². The summed E-state index contributed by atoms with van der Waals surface area (Å²) in [4.78, 5) is 18.5.